The first-order chi connectivity index (χ1) is 8.27. The van der Waals surface area contributed by atoms with Crippen molar-refractivity contribution in [2.75, 3.05) is 18.6 Å². The van der Waals surface area contributed by atoms with Gasteiger partial charge in [0.15, 0.2) is 0 Å². The summed E-state index contributed by atoms with van der Waals surface area (Å²) in [6, 6.07) is 9.24. The summed E-state index contributed by atoms with van der Waals surface area (Å²) in [4.78, 5) is 11.5. The number of nitrogens with zero attached hydrogens (tertiary/aromatic N) is 1. The topological polar surface area (TPSA) is 70.9 Å². The van der Waals surface area contributed by atoms with Gasteiger partial charge in [-0.3, -0.25) is 5.43 Å². The third-order valence-corrected chi connectivity index (χ3v) is 1.95. The van der Waals surface area contributed by atoms with Crippen LogP contribution in [0.2, 0.25) is 0 Å². The van der Waals surface area contributed by atoms with Crippen molar-refractivity contribution >= 4 is 17.4 Å². The van der Waals surface area contributed by atoms with Crippen molar-refractivity contribution in [2.45, 2.75) is 13.3 Å². The van der Waals surface area contributed by atoms with Gasteiger partial charge in [0.25, 0.3) is 0 Å². The normalized spacial score (nSPS) is 11.1. The smallest absolute Gasteiger partial charge is 0.354 e. The minimum Gasteiger partial charge on any atom is -0.461 e. The summed E-state index contributed by atoms with van der Waals surface area (Å²) in [6.45, 7) is 1.86. The van der Waals surface area contributed by atoms with E-state index in [-0.39, 0.29) is 25.3 Å². The SMILES string of the molecule is CCOC(=O)/C(CCO)=N/Nc1ccccc1. The average molecular weight is 236 g/mol. The number of aliphatic hydroxyl groups excluding tert-OH is 1. The van der Waals surface area contributed by atoms with Gasteiger partial charge in [0, 0.05) is 13.0 Å². The van der Waals surface area contributed by atoms with Gasteiger partial charge in [-0.05, 0) is 19.1 Å². The molecule has 0 aliphatic carbocycles. The average Bonchev–Trinajstić information content (AvgIpc) is 2.36. The van der Waals surface area contributed by atoms with E-state index < -0.39 is 5.97 Å². The number of anilines is 1. The highest BCUT2D eigenvalue weighted by atomic mass is 16.5. The lowest BCUT2D eigenvalue weighted by molar-refractivity contribution is -0.135. The van der Waals surface area contributed by atoms with Crippen LogP contribution in [0.1, 0.15) is 13.3 Å². The molecule has 0 amide bonds. The predicted octanol–water partition coefficient (Wildman–Crippen LogP) is 1.40. The van der Waals surface area contributed by atoms with Crippen LogP contribution >= 0.6 is 0 Å². The van der Waals surface area contributed by atoms with Crippen LogP contribution < -0.4 is 5.43 Å². The van der Waals surface area contributed by atoms with Crippen molar-refractivity contribution in [3.05, 3.63) is 30.3 Å². The molecule has 5 nitrogen and oxygen atoms in total. The third kappa shape index (κ3) is 4.65. The molecule has 0 saturated carbocycles. The standard InChI is InChI=1S/C12H16N2O3/c1-2-17-12(16)11(8-9-15)14-13-10-6-4-3-5-7-10/h3-7,13,15H,2,8-9H2,1H3/b14-11+. The number of hydrazone groups is 1. The number of hydrogen-bond donors (Lipinski definition) is 2. The maximum atomic E-state index is 11.5. The van der Waals surface area contributed by atoms with Crippen molar-refractivity contribution in [2.24, 2.45) is 5.10 Å². The van der Waals surface area contributed by atoms with Crippen molar-refractivity contribution in [1.82, 2.24) is 0 Å². The number of carbonyl (C=O) groups excluding carboxylic acids is 1. The molecular weight excluding hydrogens is 220 g/mol. The fourth-order valence-electron chi connectivity index (χ4n) is 1.17. The monoisotopic (exact) mass is 236 g/mol. The molecule has 0 saturated heterocycles. The van der Waals surface area contributed by atoms with E-state index in [4.69, 9.17) is 9.84 Å². The molecule has 0 fully saturated rings. The second kappa shape index (κ2) is 7.40. The van der Waals surface area contributed by atoms with Gasteiger partial charge in [0.2, 0.25) is 0 Å². The predicted molar refractivity (Wildman–Crippen MR) is 65.8 cm³/mol. The van der Waals surface area contributed by atoms with Gasteiger partial charge in [0.05, 0.1) is 12.3 Å². The number of hydrogen-bond acceptors (Lipinski definition) is 5. The molecule has 0 unspecified atom stereocenters. The Morgan fingerprint density at radius 3 is 2.71 bits per heavy atom. The molecule has 0 aliphatic heterocycles. The summed E-state index contributed by atoms with van der Waals surface area (Å²) in [5, 5.41) is 12.8. The Labute approximate surface area is 100 Å². The summed E-state index contributed by atoms with van der Waals surface area (Å²) in [5.41, 5.74) is 3.69. The molecule has 0 heterocycles. The molecule has 0 aromatic heterocycles. The summed E-state index contributed by atoms with van der Waals surface area (Å²) < 4.78 is 4.82. The second-order valence-corrected chi connectivity index (χ2v) is 3.23. The lowest BCUT2D eigenvalue weighted by atomic mass is 10.3. The van der Waals surface area contributed by atoms with E-state index in [1.54, 1.807) is 6.92 Å². The minimum atomic E-state index is -0.509. The number of nitrogens with one attached hydrogen (secondary N) is 1. The molecule has 5 heteroatoms. The molecule has 2 N–H and O–H groups in total. The highest BCUT2D eigenvalue weighted by molar-refractivity contribution is 6.36. The molecule has 0 atom stereocenters. The molecule has 1 rings (SSSR count). The van der Waals surface area contributed by atoms with E-state index in [0.29, 0.717) is 0 Å². The van der Waals surface area contributed by atoms with Crippen molar-refractivity contribution in [3.63, 3.8) is 0 Å². The molecule has 0 aliphatic rings. The van der Waals surface area contributed by atoms with Gasteiger partial charge in [-0.15, -0.1) is 0 Å². The number of benzene rings is 1. The van der Waals surface area contributed by atoms with Gasteiger partial charge < -0.3 is 9.84 Å². The Morgan fingerprint density at radius 2 is 2.12 bits per heavy atom. The Hall–Kier alpha value is -1.88. The van der Waals surface area contributed by atoms with Crippen LogP contribution in [0.25, 0.3) is 0 Å². The van der Waals surface area contributed by atoms with E-state index in [9.17, 15) is 4.79 Å². The number of para-hydroxylation sites is 1. The van der Waals surface area contributed by atoms with E-state index in [1.807, 2.05) is 30.3 Å². The maximum absolute atomic E-state index is 11.5. The van der Waals surface area contributed by atoms with E-state index in [0.717, 1.165) is 5.69 Å². The highest BCUT2D eigenvalue weighted by Crippen LogP contribution is 2.05. The van der Waals surface area contributed by atoms with Crippen LogP contribution in [0.4, 0.5) is 5.69 Å². The fourth-order valence-corrected chi connectivity index (χ4v) is 1.17. The summed E-state index contributed by atoms with van der Waals surface area (Å²) in [6.07, 6.45) is 0.165. The second-order valence-electron chi connectivity index (χ2n) is 3.23. The third-order valence-electron chi connectivity index (χ3n) is 1.95. The quantitative estimate of drug-likeness (QED) is 0.445. The minimum absolute atomic E-state index is 0.145. The molecule has 0 spiro atoms. The van der Waals surface area contributed by atoms with Crippen LogP contribution in [-0.2, 0) is 9.53 Å². The molecule has 0 bridgehead atoms. The number of rotatable bonds is 6. The van der Waals surface area contributed by atoms with Gasteiger partial charge in [-0.25, -0.2) is 4.79 Å². The molecule has 92 valence electrons. The van der Waals surface area contributed by atoms with Gasteiger partial charge in [-0.2, -0.15) is 5.10 Å². The van der Waals surface area contributed by atoms with Crippen LogP contribution in [0, 0.1) is 0 Å². The molecular formula is C12H16N2O3. The van der Waals surface area contributed by atoms with Crippen LogP contribution in [-0.4, -0.2) is 30.0 Å². The Morgan fingerprint density at radius 1 is 1.41 bits per heavy atom. The fraction of sp³-hybridized carbons (Fsp3) is 0.333. The summed E-state index contributed by atoms with van der Waals surface area (Å²) in [5.74, 6) is -0.509. The summed E-state index contributed by atoms with van der Waals surface area (Å²) >= 11 is 0. The van der Waals surface area contributed by atoms with Crippen molar-refractivity contribution in [3.8, 4) is 0 Å². The number of esters is 1. The van der Waals surface area contributed by atoms with Crippen molar-refractivity contribution in [1.29, 1.82) is 0 Å². The lowest BCUT2D eigenvalue weighted by Crippen LogP contribution is -2.20. The van der Waals surface area contributed by atoms with Crippen LogP contribution in [0.15, 0.2) is 35.4 Å². The zero-order valence-corrected chi connectivity index (χ0v) is 9.72. The molecule has 0 radical (unpaired) electrons. The lowest BCUT2D eigenvalue weighted by Gasteiger charge is -2.05. The molecule has 1 aromatic rings. The number of carbonyl (C=O) groups is 1. The highest BCUT2D eigenvalue weighted by Gasteiger charge is 2.11. The van der Waals surface area contributed by atoms with Crippen molar-refractivity contribution < 1.29 is 14.6 Å². The zero-order valence-electron chi connectivity index (χ0n) is 9.72. The van der Waals surface area contributed by atoms with Gasteiger partial charge >= 0.3 is 5.97 Å². The van der Waals surface area contributed by atoms with Crippen LogP contribution in [0.5, 0.6) is 0 Å². The first kappa shape index (κ1) is 13.2. The van der Waals surface area contributed by atoms with Gasteiger partial charge in [-0.1, -0.05) is 18.2 Å². The molecule has 17 heavy (non-hydrogen) atoms. The van der Waals surface area contributed by atoms with Crippen LogP contribution in [0.3, 0.4) is 0 Å². The Balaban J connectivity index is 2.67. The summed E-state index contributed by atoms with van der Waals surface area (Å²) in [7, 11) is 0. The largest absolute Gasteiger partial charge is 0.461 e. The molecule has 1 aromatic carbocycles. The number of aliphatic hydroxyl groups is 1. The zero-order chi connectivity index (χ0) is 12.5. The maximum Gasteiger partial charge on any atom is 0.354 e. The Kier molecular flexibility index (Phi) is 5.74. The number of ether oxygens (including phenoxy) is 1. The first-order valence-electron chi connectivity index (χ1n) is 5.43. The Bertz CT molecular complexity index is 377. The first-order valence-corrected chi connectivity index (χ1v) is 5.43. The van der Waals surface area contributed by atoms with E-state index >= 15 is 0 Å². The van der Waals surface area contributed by atoms with E-state index in [2.05, 4.69) is 10.5 Å². The van der Waals surface area contributed by atoms with E-state index in [1.165, 1.54) is 0 Å². The van der Waals surface area contributed by atoms with Gasteiger partial charge in [0.1, 0.15) is 5.71 Å².